The zero-order chi connectivity index (χ0) is 18.5. The molecule has 1 N–H and O–H groups in total. The number of benzene rings is 2. The van der Waals surface area contributed by atoms with Crippen LogP contribution in [-0.2, 0) is 6.42 Å². The minimum atomic E-state index is -0.243. The van der Waals surface area contributed by atoms with Crippen molar-refractivity contribution in [2.45, 2.75) is 26.2 Å². The van der Waals surface area contributed by atoms with Crippen LogP contribution in [0, 0.1) is 0 Å². The van der Waals surface area contributed by atoms with E-state index in [1.54, 1.807) is 32.4 Å². The molecule has 3 aromatic rings. The van der Waals surface area contributed by atoms with Crippen LogP contribution in [0.25, 0.3) is 10.2 Å². The summed E-state index contributed by atoms with van der Waals surface area (Å²) in [6, 6.07) is 11.4. The second-order valence-electron chi connectivity index (χ2n) is 5.98. The average molecular weight is 370 g/mol. The number of aryl methyl sites for hydroxylation is 1. The van der Waals surface area contributed by atoms with E-state index in [2.05, 4.69) is 29.4 Å². The van der Waals surface area contributed by atoms with Crippen LogP contribution in [0.4, 0.5) is 5.13 Å². The van der Waals surface area contributed by atoms with Gasteiger partial charge in [0.25, 0.3) is 5.91 Å². The van der Waals surface area contributed by atoms with Crippen molar-refractivity contribution in [3.05, 3.63) is 47.5 Å². The van der Waals surface area contributed by atoms with E-state index in [9.17, 15) is 4.79 Å². The second-order valence-corrected chi connectivity index (χ2v) is 7.01. The molecule has 3 rings (SSSR count). The molecule has 0 fully saturated rings. The number of thiazole rings is 1. The van der Waals surface area contributed by atoms with Gasteiger partial charge in [-0.25, -0.2) is 4.98 Å². The number of hydrogen-bond donors (Lipinski definition) is 1. The van der Waals surface area contributed by atoms with Crippen molar-refractivity contribution in [2.24, 2.45) is 0 Å². The molecule has 136 valence electrons. The Morgan fingerprint density at radius 3 is 2.50 bits per heavy atom. The third-order valence-corrected chi connectivity index (χ3v) is 5.04. The molecular formula is C20H22N2O3S. The largest absolute Gasteiger partial charge is 0.497 e. The Hall–Kier alpha value is -2.60. The molecule has 0 radical (unpaired) electrons. The van der Waals surface area contributed by atoms with Crippen LogP contribution in [0.2, 0.25) is 0 Å². The van der Waals surface area contributed by atoms with Gasteiger partial charge in [0, 0.05) is 11.6 Å². The smallest absolute Gasteiger partial charge is 0.257 e. The predicted octanol–water partition coefficient (Wildman–Crippen LogP) is 4.91. The van der Waals surface area contributed by atoms with E-state index in [1.165, 1.54) is 29.7 Å². The van der Waals surface area contributed by atoms with Crippen LogP contribution in [0.15, 0.2) is 36.4 Å². The summed E-state index contributed by atoms with van der Waals surface area (Å²) in [4.78, 5) is 17.1. The Balaban J connectivity index is 1.80. The van der Waals surface area contributed by atoms with Gasteiger partial charge in [-0.2, -0.15) is 0 Å². The number of ether oxygens (including phenoxy) is 2. The highest BCUT2D eigenvalue weighted by atomic mass is 32.1. The number of nitrogens with zero attached hydrogens (tertiary/aromatic N) is 1. The molecule has 6 heteroatoms. The van der Waals surface area contributed by atoms with Crippen molar-refractivity contribution in [1.82, 2.24) is 4.98 Å². The molecule has 1 amide bonds. The summed E-state index contributed by atoms with van der Waals surface area (Å²) in [5.41, 5.74) is 2.66. The fraction of sp³-hybridized carbons (Fsp3) is 0.300. The van der Waals surface area contributed by atoms with E-state index >= 15 is 0 Å². The summed E-state index contributed by atoms with van der Waals surface area (Å²) in [5, 5.41) is 3.45. The number of nitrogens with one attached hydrogen (secondary N) is 1. The minimum Gasteiger partial charge on any atom is -0.497 e. The molecule has 0 unspecified atom stereocenters. The fourth-order valence-corrected chi connectivity index (χ4v) is 3.59. The summed E-state index contributed by atoms with van der Waals surface area (Å²) in [7, 11) is 3.11. The molecule has 0 saturated heterocycles. The lowest BCUT2D eigenvalue weighted by atomic mass is 10.1. The standard InChI is InChI=1S/C20H22N2O3S/c1-4-5-6-13-7-8-17-18(9-13)26-20(21-17)22-19(23)14-10-15(24-2)12-16(11-14)25-3/h7-12H,4-6H2,1-3H3,(H,21,22,23). The predicted molar refractivity (Wildman–Crippen MR) is 106 cm³/mol. The molecule has 0 saturated carbocycles. The van der Waals surface area contributed by atoms with Crippen molar-refractivity contribution < 1.29 is 14.3 Å². The summed E-state index contributed by atoms with van der Waals surface area (Å²) < 4.78 is 11.5. The van der Waals surface area contributed by atoms with Gasteiger partial charge in [-0.05, 0) is 42.7 Å². The Morgan fingerprint density at radius 2 is 1.85 bits per heavy atom. The molecule has 0 aliphatic rings. The molecule has 2 aromatic carbocycles. The first kappa shape index (κ1) is 18.2. The second kappa shape index (κ2) is 8.19. The fourth-order valence-electron chi connectivity index (χ4n) is 2.67. The van der Waals surface area contributed by atoms with E-state index < -0.39 is 0 Å². The highest BCUT2D eigenvalue weighted by molar-refractivity contribution is 7.22. The number of anilines is 1. The number of unbranched alkanes of at least 4 members (excludes halogenated alkanes) is 1. The average Bonchev–Trinajstić information content (AvgIpc) is 3.07. The highest BCUT2D eigenvalue weighted by Gasteiger charge is 2.13. The lowest BCUT2D eigenvalue weighted by molar-refractivity contribution is 0.102. The molecule has 0 aliphatic heterocycles. The first-order valence-corrected chi connectivity index (χ1v) is 9.38. The molecule has 5 nitrogen and oxygen atoms in total. The lowest BCUT2D eigenvalue weighted by Crippen LogP contribution is -2.12. The summed E-state index contributed by atoms with van der Waals surface area (Å²) in [5.74, 6) is 0.895. The van der Waals surface area contributed by atoms with Crippen molar-refractivity contribution in [3.8, 4) is 11.5 Å². The number of aromatic nitrogens is 1. The SMILES string of the molecule is CCCCc1ccc2nc(NC(=O)c3cc(OC)cc(OC)c3)sc2c1. The van der Waals surface area contributed by atoms with Gasteiger partial charge in [0.15, 0.2) is 5.13 Å². The quantitative estimate of drug-likeness (QED) is 0.642. The maximum atomic E-state index is 12.6. The summed E-state index contributed by atoms with van der Waals surface area (Å²) >= 11 is 1.48. The number of rotatable bonds is 7. The Labute approximate surface area is 157 Å². The van der Waals surface area contributed by atoms with Gasteiger partial charge in [0.05, 0.1) is 24.4 Å². The monoisotopic (exact) mass is 370 g/mol. The minimum absolute atomic E-state index is 0.243. The van der Waals surface area contributed by atoms with Gasteiger partial charge < -0.3 is 9.47 Å². The van der Waals surface area contributed by atoms with Crippen LogP contribution in [0.1, 0.15) is 35.7 Å². The Bertz CT molecular complexity index is 898. The summed E-state index contributed by atoms with van der Waals surface area (Å²) in [6.07, 6.45) is 3.41. The molecule has 0 bridgehead atoms. The first-order chi connectivity index (χ1) is 12.6. The van der Waals surface area contributed by atoms with E-state index in [4.69, 9.17) is 9.47 Å². The third-order valence-electron chi connectivity index (χ3n) is 4.11. The van der Waals surface area contributed by atoms with Crippen molar-refractivity contribution in [3.63, 3.8) is 0 Å². The summed E-state index contributed by atoms with van der Waals surface area (Å²) in [6.45, 7) is 2.19. The normalized spacial score (nSPS) is 10.7. The maximum Gasteiger partial charge on any atom is 0.257 e. The van der Waals surface area contributed by atoms with Crippen LogP contribution in [0.3, 0.4) is 0 Å². The number of fused-ring (bicyclic) bond motifs is 1. The highest BCUT2D eigenvalue weighted by Crippen LogP contribution is 2.28. The zero-order valence-corrected chi connectivity index (χ0v) is 16.0. The van der Waals surface area contributed by atoms with Crippen molar-refractivity contribution in [2.75, 3.05) is 19.5 Å². The van der Waals surface area contributed by atoms with Gasteiger partial charge in [-0.3, -0.25) is 10.1 Å². The Kier molecular flexibility index (Phi) is 5.73. The Morgan fingerprint density at radius 1 is 1.12 bits per heavy atom. The molecule has 0 atom stereocenters. The topological polar surface area (TPSA) is 60.5 Å². The molecule has 0 aliphatic carbocycles. The van der Waals surface area contributed by atoms with Crippen LogP contribution in [-0.4, -0.2) is 25.1 Å². The van der Waals surface area contributed by atoms with Crippen molar-refractivity contribution >= 4 is 32.6 Å². The van der Waals surface area contributed by atoms with Gasteiger partial charge >= 0.3 is 0 Å². The molecule has 1 heterocycles. The number of hydrogen-bond acceptors (Lipinski definition) is 5. The van der Waals surface area contributed by atoms with Crippen molar-refractivity contribution in [1.29, 1.82) is 0 Å². The van der Waals surface area contributed by atoms with E-state index in [0.717, 1.165) is 16.6 Å². The third kappa shape index (κ3) is 4.14. The first-order valence-electron chi connectivity index (χ1n) is 8.57. The van der Waals surface area contributed by atoms with Gasteiger partial charge in [-0.15, -0.1) is 0 Å². The number of carbonyl (C=O) groups excluding carboxylic acids is 1. The van der Waals surface area contributed by atoms with Gasteiger partial charge in [0.1, 0.15) is 11.5 Å². The number of methoxy groups -OCH3 is 2. The molecule has 1 aromatic heterocycles. The van der Waals surface area contributed by atoms with Crippen LogP contribution in [0.5, 0.6) is 11.5 Å². The molecular weight excluding hydrogens is 348 g/mol. The maximum absolute atomic E-state index is 12.6. The molecule has 0 spiro atoms. The van der Waals surface area contributed by atoms with Crippen LogP contribution < -0.4 is 14.8 Å². The van der Waals surface area contributed by atoms with E-state index in [1.807, 2.05) is 6.07 Å². The molecule has 26 heavy (non-hydrogen) atoms. The van der Waals surface area contributed by atoms with Gasteiger partial charge in [-0.1, -0.05) is 30.7 Å². The van der Waals surface area contributed by atoms with E-state index in [-0.39, 0.29) is 5.91 Å². The van der Waals surface area contributed by atoms with Crippen LogP contribution >= 0.6 is 11.3 Å². The number of carbonyl (C=O) groups is 1. The lowest BCUT2D eigenvalue weighted by Gasteiger charge is -2.07. The van der Waals surface area contributed by atoms with Gasteiger partial charge in [0.2, 0.25) is 0 Å². The number of amides is 1. The van der Waals surface area contributed by atoms with E-state index in [0.29, 0.717) is 22.2 Å². The zero-order valence-electron chi connectivity index (χ0n) is 15.2.